The number of aliphatic imine (C=N–C) groups is 1. The van der Waals surface area contributed by atoms with Gasteiger partial charge in [0.25, 0.3) is 5.91 Å². The highest BCUT2D eigenvalue weighted by atomic mass is 35.5. The lowest BCUT2D eigenvalue weighted by Crippen LogP contribution is -2.49. The third kappa shape index (κ3) is 9.91. The lowest BCUT2D eigenvalue weighted by atomic mass is 10.1. The average Bonchev–Trinajstić information content (AvgIpc) is 2.83. The molecular formula is C25H34Cl2N6O4. The first-order chi connectivity index (χ1) is 16.7. The summed E-state index contributed by atoms with van der Waals surface area (Å²) in [6.45, 7) is 7.19. The van der Waals surface area contributed by atoms with E-state index in [2.05, 4.69) is 15.2 Å². The van der Waals surface area contributed by atoms with Gasteiger partial charge in [-0.1, -0.05) is 0 Å². The minimum atomic E-state index is -0.529. The van der Waals surface area contributed by atoms with Crippen LogP contribution in [-0.4, -0.2) is 72.3 Å². The van der Waals surface area contributed by atoms with E-state index >= 15 is 0 Å². The number of carbonyl (C=O) groups is 3. The molecule has 2 amide bonds. The number of hydrogen-bond donors (Lipinski definition) is 3. The first-order valence-electron chi connectivity index (χ1n) is 11.5. The fourth-order valence-corrected chi connectivity index (χ4v) is 3.66. The number of amides is 2. The molecule has 0 bridgehead atoms. The van der Waals surface area contributed by atoms with E-state index in [9.17, 15) is 14.4 Å². The number of nitrogens with two attached hydrogens (primary N) is 2. The highest BCUT2D eigenvalue weighted by molar-refractivity contribution is 5.95. The van der Waals surface area contributed by atoms with Crippen LogP contribution in [-0.2, 0) is 4.79 Å². The normalized spacial score (nSPS) is 13.1. The molecule has 202 valence electrons. The van der Waals surface area contributed by atoms with E-state index in [1.54, 1.807) is 53.4 Å². The van der Waals surface area contributed by atoms with Crippen LogP contribution in [0.4, 0.5) is 5.69 Å². The zero-order valence-corrected chi connectivity index (χ0v) is 22.5. The summed E-state index contributed by atoms with van der Waals surface area (Å²) in [7, 11) is 0. The van der Waals surface area contributed by atoms with E-state index in [0.717, 1.165) is 13.1 Å². The molecule has 0 atom stereocenters. The van der Waals surface area contributed by atoms with E-state index in [1.807, 2.05) is 13.8 Å². The summed E-state index contributed by atoms with van der Waals surface area (Å²) in [4.78, 5) is 45.0. The molecule has 0 radical (unpaired) electrons. The fourth-order valence-electron chi connectivity index (χ4n) is 3.66. The molecule has 5 N–H and O–H groups in total. The monoisotopic (exact) mass is 552 g/mol. The van der Waals surface area contributed by atoms with Gasteiger partial charge >= 0.3 is 5.97 Å². The van der Waals surface area contributed by atoms with E-state index < -0.39 is 5.97 Å². The van der Waals surface area contributed by atoms with Crippen LogP contribution in [0.15, 0.2) is 53.5 Å². The highest BCUT2D eigenvalue weighted by Crippen LogP contribution is 2.18. The molecule has 0 aliphatic carbocycles. The van der Waals surface area contributed by atoms with Crippen LogP contribution in [0.25, 0.3) is 0 Å². The maximum Gasteiger partial charge on any atom is 0.343 e. The van der Waals surface area contributed by atoms with Crippen molar-refractivity contribution >= 4 is 54.2 Å². The van der Waals surface area contributed by atoms with Gasteiger partial charge in [0.15, 0.2) is 5.96 Å². The van der Waals surface area contributed by atoms with Crippen LogP contribution >= 0.6 is 24.8 Å². The lowest BCUT2D eigenvalue weighted by molar-refractivity contribution is -0.122. The number of halogens is 2. The van der Waals surface area contributed by atoms with Crippen molar-refractivity contribution in [2.45, 2.75) is 26.3 Å². The van der Waals surface area contributed by atoms with Gasteiger partial charge in [-0.15, -0.1) is 24.8 Å². The molecule has 0 spiro atoms. The Morgan fingerprint density at radius 1 is 0.919 bits per heavy atom. The maximum absolute atomic E-state index is 12.9. The third-order valence-corrected chi connectivity index (χ3v) is 5.44. The van der Waals surface area contributed by atoms with Crippen molar-refractivity contribution in [3.8, 4) is 5.75 Å². The summed E-state index contributed by atoms with van der Waals surface area (Å²) < 4.78 is 5.40. The van der Waals surface area contributed by atoms with E-state index in [0.29, 0.717) is 48.6 Å². The van der Waals surface area contributed by atoms with Gasteiger partial charge in [0.05, 0.1) is 11.3 Å². The molecule has 2 aromatic rings. The molecule has 2 aromatic carbocycles. The number of hydrogen-bond acceptors (Lipinski definition) is 6. The van der Waals surface area contributed by atoms with Crippen LogP contribution < -0.4 is 21.5 Å². The third-order valence-electron chi connectivity index (χ3n) is 5.44. The van der Waals surface area contributed by atoms with Crippen LogP contribution in [0.1, 0.15) is 41.0 Å². The van der Waals surface area contributed by atoms with Crippen molar-refractivity contribution in [3.05, 3.63) is 59.7 Å². The molecule has 1 heterocycles. The summed E-state index contributed by atoms with van der Waals surface area (Å²) >= 11 is 0. The number of nitrogens with zero attached hydrogens (tertiary/aromatic N) is 3. The molecule has 1 aliphatic heterocycles. The van der Waals surface area contributed by atoms with Crippen molar-refractivity contribution in [2.24, 2.45) is 16.5 Å². The number of nitrogens with one attached hydrogen (secondary N) is 1. The van der Waals surface area contributed by atoms with Gasteiger partial charge in [0.2, 0.25) is 5.91 Å². The fraction of sp³-hybridized carbons (Fsp3) is 0.360. The Bertz CT molecular complexity index is 1070. The smallest absolute Gasteiger partial charge is 0.343 e. The van der Waals surface area contributed by atoms with E-state index in [1.165, 1.54) is 0 Å². The molecule has 1 saturated heterocycles. The molecule has 0 aromatic heterocycles. The number of carbonyl (C=O) groups excluding carboxylic acids is 3. The minimum absolute atomic E-state index is 0. The number of rotatable bonds is 8. The summed E-state index contributed by atoms with van der Waals surface area (Å²) in [5.74, 6) is -0.288. The largest absolute Gasteiger partial charge is 0.423 e. The van der Waals surface area contributed by atoms with Gasteiger partial charge < -0.3 is 26.4 Å². The molecule has 0 saturated carbocycles. The summed E-state index contributed by atoms with van der Waals surface area (Å²) in [6, 6.07) is 13.0. The first kappa shape index (κ1) is 31.7. The Morgan fingerprint density at radius 3 is 2.03 bits per heavy atom. The second-order valence-electron chi connectivity index (χ2n) is 8.60. The van der Waals surface area contributed by atoms with E-state index in [4.69, 9.17) is 16.2 Å². The highest BCUT2D eigenvalue weighted by Gasteiger charge is 2.22. The topological polar surface area (TPSA) is 143 Å². The minimum Gasteiger partial charge on any atom is -0.423 e. The molecule has 10 nitrogen and oxygen atoms in total. The van der Waals surface area contributed by atoms with Gasteiger partial charge in [-0.2, -0.15) is 0 Å². The summed E-state index contributed by atoms with van der Waals surface area (Å²) in [5.41, 5.74) is 12.1. The molecule has 1 aliphatic rings. The molecule has 37 heavy (non-hydrogen) atoms. The number of piperazine rings is 1. The quantitative estimate of drug-likeness (QED) is 0.197. The predicted octanol–water partition coefficient (Wildman–Crippen LogP) is 2.33. The number of esters is 1. The molecular weight excluding hydrogens is 519 g/mol. The summed E-state index contributed by atoms with van der Waals surface area (Å²) in [6.07, 6.45) is 0.451. The average molecular weight is 553 g/mol. The van der Waals surface area contributed by atoms with Gasteiger partial charge in [0, 0.05) is 50.7 Å². The van der Waals surface area contributed by atoms with E-state index in [-0.39, 0.29) is 48.6 Å². The SMILES string of the molecule is CC(C)NC(=O)CCN1CCN(C(=O)c2ccc(OC(=O)c3ccc(N=C(N)N)cc3)cc2)CC1.Cl.Cl. The standard InChI is InChI=1S/C25H32N6O4.2ClH/c1-17(2)28-22(32)11-12-30-13-15-31(16-14-30)23(33)18-5-9-21(10-6-18)35-24(34)19-3-7-20(8-4-19)29-25(26)27;;/h3-10,17H,11-16H2,1-2H3,(H,28,32)(H4,26,27,29);2*1H. The van der Waals surface area contributed by atoms with Crippen molar-refractivity contribution in [3.63, 3.8) is 0 Å². The van der Waals surface area contributed by atoms with Gasteiger partial charge in [-0.3, -0.25) is 14.5 Å². The van der Waals surface area contributed by atoms with Crippen molar-refractivity contribution in [1.82, 2.24) is 15.1 Å². The number of ether oxygens (including phenoxy) is 1. The zero-order valence-electron chi connectivity index (χ0n) is 20.9. The van der Waals surface area contributed by atoms with Crippen molar-refractivity contribution in [2.75, 3.05) is 32.7 Å². The second-order valence-corrected chi connectivity index (χ2v) is 8.60. The van der Waals surface area contributed by atoms with Crippen molar-refractivity contribution < 1.29 is 19.1 Å². The van der Waals surface area contributed by atoms with Crippen LogP contribution in [0.2, 0.25) is 0 Å². The molecule has 12 heteroatoms. The Hall–Kier alpha value is -3.34. The second kappa shape index (κ2) is 15.0. The Labute approximate surface area is 229 Å². The maximum atomic E-state index is 12.9. The Kier molecular flexibility index (Phi) is 12.9. The van der Waals surface area contributed by atoms with Crippen LogP contribution in [0, 0.1) is 0 Å². The van der Waals surface area contributed by atoms with Crippen LogP contribution in [0.3, 0.4) is 0 Å². The molecule has 0 unspecified atom stereocenters. The van der Waals surface area contributed by atoms with Gasteiger partial charge in [-0.25, -0.2) is 9.79 Å². The van der Waals surface area contributed by atoms with Gasteiger partial charge in [-0.05, 0) is 62.4 Å². The lowest BCUT2D eigenvalue weighted by Gasteiger charge is -2.34. The van der Waals surface area contributed by atoms with Gasteiger partial charge in [0.1, 0.15) is 5.75 Å². The number of benzene rings is 2. The summed E-state index contributed by atoms with van der Waals surface area (Å²) in [5, 5.41) is 2.89. The Balaban J connectivity index is 0.00000342. The van der Waals surface area contributed by atoms with Crippen molar-refractivity contribution in [1.29, 1.82) is 0 Å². The predicted molar refractivity (Wildman–Crippen MR) is 148 cm³/mol. The number of guanidine groups is 1. The first-order valence-corrected chi connectivity index (χ1v) is 11.5. The molecule has 1 fully saturated rings. The Morgan fingerprint density at radius 2 is 1.49 bits per heavy atom. The zero-order chi connectivity index (χ0) is 25.4. The molecule has 3 rings (SSSR count). The van der Waals surface area contributed by atoms with Crippen LogP contribution in [0.5, 0.6) is 5.75 Å².